The molecule has 3 aromatic rings. The molecule has 0 saturated carbocycles. The van der Waals surface area contributed by atoms with Crippen LogP contribution < -0.4 is 10.9 Å². The number of hydrogen-bond acceptors (Lipinski definition) is 5. The first-order valence-corrected chi connectivity index (χ1v) is 10.4. The normalized spacial score (nSPS) is 11.2. The van der Waals surface area contributed by atoms with Crippen LogP contribution in [0.2, 0.25) is 5.02 Å². The summed E-state index contributed by atoms with van der Waals surface area (Å²) in [5, 5.41) is 3.51. The van der Waals surface area contributed by atoms with Crippen LogP contribution in [-0.4, -0.2) is 27.7 Å². The lowest BCUT2D eigenvalue weighted by atomic mass is 10.2. The van der Waals surface area contributed by atoms with Gasteiger partial charge < -0.3 is 10.3 Å². The molecular formula is C18H18ClN3O2S2. The molecule has 2 N–H and O–H groups in total. The van der Waals surface area contributed by atoms with Crippen LogP contribution in [0.5, 0.6) is 0 Å². The van der Waals surface area contributed by atoms with E-state index < -0.39 is 0 Å². The van der Waals surface area contributed by atoms with Crippen molar-refractivity contribution >= 4 is 50.8 Å². The van der Waals surface area contributed by atoms with Crippen molar-refractivity contribution < 1.29 is 4.79 Å². The topological polar surface area (TPSA) is 74.8 Å². The lowest BCUT2D eigenvalue weighted by molar-refractivity contribution is -0.119. The average Bonchev–Trinajstić information content (AvgIpc) is 2.99. The highest BCUT2D eigenvalue weighted by Crippen LogP contribution is 2.31. The van der Waals surface area contributed by atoms with Gasteiger partial charge in [-0.1, -0.05) is 23.7 Å². The highest BCUT2D eigenvalue weighted by atomic mass is 35.5. The van der Waals surface area contributed by atoms with E-state index in [1.165, 1.54) is 23.1 Å². The Kier molecular flexibility index (Phi) is 6.01. The number of carbonyl (C=O) groups excluding carboxylic acids is 1. The number of thiophene rings is 1. The van der Waals surface area contributed by atoms with Gasteiger partial charge >= 0.3 is 0 Å². The second-order valence-corrected chi connectivity index (χ2v) is 8.53. The molecule has 2 aromatic heterocycles. The number of hydrogen-bond donors (Lipinski definition) is 2. The van der Waals surface area contributed by atoms with Crippen LogP contribution in [0, 0.1) is 0 Å². The zero-order valence-corrected chi connectivity index (χ0v) is 16.7. The van der Waals surface area contributed by atoms with Crippen LogP contribution in [0.15, 0.2) is 35.1 Å². The quantitative estimate of drug-likeness (QED) is 0.646. The van der Waals surface area contributed by atoms with Crippen molar-refractivity contribution in [2.75, 3.05) is 5.75 Å². The van der Waals surface area contributed by atoms with Crippen LogP contribution in [0.1, 0.15) is 19.7 Å². The lowest BCUT2D eigenvalue weighted by Crippen LogP contribution is -2.31. The van der Waals surface area contributed by atoms with Gasteiger partial charge in [0.15, 0.2) is 0 Å². The maximum Gasteiger partial charge on any atom is 0.268 e. The van der Waals surface area contributed by atoms with Gasteiger partial charge in [-0.25, -0.2) is 4.98 Å². The molecule has 0 unspecified atom stereocenters. The minimum Gasteiger partial charge on any atom is -0.353 e. The fraction of sp³-hybridized carbons (Fsp3) is 0.278. The summed E-state index contributed by atoms with van der Waals surface area (Å²) in [6.07, 6.45) is 0. The van der Waals surface area contributed by atoms with Crippen molar-refractivity contribution in [3.05, 3.63) is 51.5 Å². The Labute approximate surface area is 164 Å². The number of aromatic amines is 1. The number of rotatable bonds is 6. The maximum absolute atomic E-state index is 12.3. The molecule has 0 fully saturated rings. The van der Waals surface area contributed by atoms with Gasteiger partial charge in [0.05, 0.1) is 17.0 Å². The largest absolute Gasteiger partial charge is 0.353 e. The van der Waals surface area contributed by atoms with Gasteiger partial charge in [0, 0.05) is 15.9 Å². The van der Waals surface area contributed by atoms with Gasteiger partial charge in [-0.05, 0) is 37.6 Å². The number of aromatic nitrogens is 2. The summed E-state index contributed by atoms with van der Waals surface area (Å²) in [7, 11) is 0. The second kappa shape index (κ2) is 8.24. The number of halogens is 1. The lowest BCUT2D eigenvalue weighted by Gasteiger charge is -2.07. The van der Waals surface area contributed by atoms with Crippen molar-refractivity contribution in [3.8, 4) is 10.4 Å². The highest BCUT2D eigenvalue weighted by molar-refractivity contribution is 7.99. The molecule has 1 aromatic carbocycles. The molecule has 0 spiro atoms. The van der Waals surface area contributed by atoms with Gasteiger partial charge in [-0.2, -0.15) is 0 Å². The summed E-state index contributed by atoms with van der Waals surface area (Å²) < 4.78 is 0.598. The molecular weight excluding hydrogens is 390 g/mol. The average molecular weight is 408 g/mol. The molecule has 3 rings (SSSR count). The molecule has 136 valence electrons. The highest BCUT2D eigenvalue weighted by Gasteiger charge is 2.11. The van der Waals surface area contributed by atoms with Gasteiger partial charge in [-0.15, -0.1) is 23.1 Å². The van der Waals surface area contributed by atoms with Crippen LogP contribution >= 0.6 is 34.7 Å². The minimum atomic E-state index is -0.151. The van der Waals surface area contributed by atoms with E-state index in [9.17, 15) is 9.59 Å². The molecule has 0 atom stereocenters. The van der Waals surface area contributed by atoms with E-state index in [0.717, 1.165) is 10.4 Å². The third kappa shape index (κ3) is 4.66. The van der Waals surface area contributed by atoms with Crippen molar-refractivity contribution in [2.24, 2.45) is 0 Å². The third-order valence-corrected chi connectivity index (χ3v) is 5.85. The number of thioether (sulfide) groups is 1. The fourth-order valence-electron chi connectivity index (χ4n) is 2.42. The maximum atomic E-state index is 12.3. The van der Waals surface area contributed by atoms with Crippen molar-refractivity contribution in [1.82, 2.24) is 15.3 Å². The summed E-state index contributed by atoms with van der Waals surface area (Å²) in [6.45, 7) is 3.84. The summed E-state index contributed by atoms with van der Waals surface area (Å²) in [5.74, 6) is 1.36. The second-order valence-electron chi connectivity index (χ2n) is 6.06. The van der Waals surface area contributed by atoms with E-state index in [1.54, 1.807) is 0 Å². The first-order chi connectivity index (χ1) is 12.4. The summed E-state index contributed by atoms with van der Waals surface area (Å²) in [4.78, 5) is 32.3. The number of fused-ring (bicyclic) bond motifs is 1. The molecule has 8 heteroatoms. The summed E-state index contributed by atoms with van der Waals surface area (Å²) in [5.41, 5.74) is 1.52. The van der Waals surface area contributed by atoms with Crippen molar-refractivity contribution in [1.29, 1.82) is 0 Å². The predicted molar refractivity (Wildman–Crippen MR) is 110 cm³/mol. The Morgan fingerprint density at radius 3 is 2.77 bits per heavy atom. The number of amides is 1. The van der Waals surface area contributed by atoms with Gasteiger partial charge in [0.2, 0.25) is 5.91 Å². The molecule has 0 radical (unpaired) electrons. The third-order valence-electron chi connectivity index (χ3n) is 3.48. The Hall–Kier alpha value is -1.83. The van der Waals surface area contributed by atoms with Crippen LogP contribution in [0.25, 0.3) is 20.7 Å². The first-order valence-electron chi connectivity index (χ1n) is 8.08. The Morgan fingerprint density at radius 2 is 2.08 bits per heavy atom. The number of H-pyrrole nitrogens is 1. The Balaban J connectivity index is 1.76. The van der Waals surface area contributed by atoms with Crippen molar-refractivity contribution in [3.63, 3.8) is 0 Å². The van der Waals surface area contributed by atoms with E-state index >= 15 is 0 Å². The molecule has 2 heterocycles. The predicted octanol–water partition coefficient (Wildman–Crippen LogP) is 4.06. The summed E-state index contributed by atoms with van der Waals surface area (Å²) >= 11 is 8.76. The molecule has 5 nitrogen and oxygen atoms in total. The monoisotopic (exact) mass is 407 g/mol. The zero-order valence-electron chi connectivity index (χ0n) is 14.3. The standard InChI is InChI=1S/C18H18ClN3O2S2/c1-10(2)20-16(23)9-25-8-15-21-13-7-14(26-17(13)18(24)22-15)11-3-5-12(19)6-4-11/h3-7,10H,8-9H2,1-2H3,(H,20,23)(H,21,22,24). The van der Waals surface area contributed by atoms with Crippen LogP contribution in [0.3, 0.4) is 0 Å². The number of nitrogens with zero attached hydrogens (tertiary/aromatic N) is 1. The summed E-state index contributed by atoms with van der Waals surface area (Å²) in [6, 6.07) is 9.52. The van der Waals surface area contributed by atoms with E-state index in [2.05, 4.69) is 15.3 Å². The fourth-order valence-corrected chi connectivity index (χ4v) is 4.24. The molecule has 0 aliphatic carbocycles. The molecule has 0 saturated heterocycles. The molecule has 0 bridgehead atoms. The SMILES string of the molecule is CC(C)NC(=O)CSCc1nc2cc(-c3ccc(Cl)cc3)sc2c(=O)[nH]1. The minimum absolute atomic E-state index is 0.0195. The van der Waals surface area contributed by atoms with Gasteiger partial charge in [0.1, 0.15) is 10.5 Å². The molecule has 1 amide bonds. The van der Waals surface area contributed by atoms with Crippen LogP contribution in [0.4, 0.5) is 0 Å². The van der Waals surface area contributed by atoms with Crippen molar-refractivity contribution in [2.45, 2.75) is 25.6 Å². The van der Waals surface area contributed by atoms with E-state index in [-0.39, 0.29) is 17.5 Å². The molecule has 0 aliphatic rings. The number of carbonyl (C=O) groups is 1. The molecule has 26 heavy (non-hydrogen) atoms. The number of nitrogens with one attached hydrogen (secondary N) is 2. The van der Waals surface area contributed by atoms with E-state index in [4.69, 9.17) is 11.6 Å². The zero-order chi connectivity index (χ0) is 18.7. The van der Waals surface area contributed by atoms with E-state index in [1.807, 2.05) is 44.2 Å². The Bertz CT molecular complexity index is 980. The van der Waals surface area contributed by atoms with Gasteiger partial charge in [-0.3, -0.25) is 9.59 Å². The van der Waals surface area contributed by atoms with Gasteiger partial charge in [0.25, 0.3) is 5.56 Å². The number of benzene rings is 1. The first kappa shape index (κ1) is 18.9. The van der Waals surface area contributed by atoms with Crippen LogP contribution in [-0.2, 0) is 10.5 Å². The smallest absolute Gasteiger partial charge is 0.268 e. The Morgan fingerprint density at radius 1 is 1.35 bits per heavy atom. The van der Waals surface area contributed by atoms with E-state index in [0.29, 0.717) is 32.6 Å². The molecule has 0 aliphatic heterocycles.